The molecule has 0 saturated carbocycles. The van der Waals surface area contributed by atoms with Crippen LogP contribution in [0, 0.1) is 0 Å². The van der Waals surface area contributed by atoms with Gasteiger partial charge in [-0.05, 0) is 76.2 Å². The van der Waals surface area contributed by atoms with Crippen molar-refractivity contribution in [1.82, 2.24) is 0 Å². The predicted molar refractivity (Wildman–Crippen MR) is 109 cm³/mol. The first kappa shape index (κ1) is 15.0. The number of halogens is 1. The lowest BCUT2D eigenvalue weighted by molar-refractivity contribution is 0.690. The second-order valence-corrected chi connectivity index (χ2v) is 7.37. The van der Waals surface area contributed by atoms with E-state index in [9.17, 15) is 0 Å². The molecule has 4 aromatic rings. The molecule has 0 nitrogen and oxygen atoms in total. The highest BCUT2D eigenvalue weighted by Gasteiger charge is 2.17. The van der Waals surface area contributed by atoms with Crippen LogP contribution < -0.4 is 0 Å². The third-order valence-corrected chi connectivity index (χ3v) is 5.84. The molecule has 0 bridgehead atoms. The lowest BCUT2D eigenvalue weighted by Crippen LogP contribution is -2.03. The van der Waals surface area contributed by atoms with E-state index in [1.807, 2.05) is 6.07 Å². The van der Waals surface area contributed by atoms with Gasteiger partial charge in [-0.2, -0.15) is 0 Å². The van der Waals surface area contributed by atoms with E-state index >= 15 is 0 Å². The first-order valence-electron chi connectivity index (χ1n) is 9.04. The zero-order chi connectivity index (χ0) is 16.8. The summed E-state index contributed by atoms with van der Waals surface area (Å²) in [6, 6.07) is 23.9. The Kier molecular flexibility index (Phi) is 3.53. The molecule has 0 aromatic heterocycles. The molecule has 1 heteroatoms. The molecule has 5 rings (SSSR count). The van der Waals surface area contributed by atoms with Crippen LogP contribution >= 0.6 is 11.6 Å². The number of hydrogen-bond acceptors (Lipinski definition) is 0. The van der Waals surface area contributed by atoms with Gasteiger partial charge in [0.2, 0.25) is 0 Å². The molecular weight excluding hydrogens is 324 g/mol. The van der Waals surface area contributed by atoms with Crippen LogP contribution in [0.1, 0.15) is 24.0 Å². The van der Waals surface area contributed by atoms with Gasteiger partial charge in [-0.25, -0.2) is 0 Å². The van der Waals surface area contributed by atoms with E-state index in [0.29, 0.717) is 0 Å². The van der Waals surface area contributed by atoms with E-state index in [2.05, 4.69) is 60.7 Å². The standard InChI is InChI=1S/C24H19Cl/c25-23-12-6-11-20-19-14-13-17-9-4-5-10-18(17)22(19)15-21(24(20)23)16-7-2-1-3-8-16/h1-3,6-8,11-15H,4-5,9-10H2. The van der Waals surface area contributed by atoms with Crippen LogP contribution in [0.4, 0.5) is 0 Å². The summed E-state index contributed by atoms with van der Waals surface area (Å²) in [7, 11) is 0. The molecule has 0 heterocycles. The second-order valence-electron chi connectivity index (χ2n) is 6.96. The summed E-state index contributed by atoms with van der Waals surface area (Å²) in [5, 5.41) is 6.00. The van der Waals surface area contributed by atoms with Gasteiger partial charge in [-0.1, -0.05) is 66.2 Å². The lowest BCUT2D eigenvalue weighted by atomic mass is 9.84. The monoisotopic (exact) mass is 342 g/mol. The van der Waals surface area contributed by atoms with E-state index in [1.54, 1.807) is 5.56 Å². The van der Waals surface area contributed by atoms with E-state index in [1.165, 1.54) is 63.9 Å². The minimum Gasteiger partial charge on any atom is -0.0836 e. The van der Waals surface area contributed by atoms with Crippen LogP contribution in [0.3, 0.4) is 0 Å². The van der Waals surface area contributed by atoms with Crippen LogP contribution in [0.25, 0.3) is 32.7 Å². The topological polar surface area (TPSA) is 0 Å². The highest BCUT2D eigenvalue weighted by atomic mass is 35.5. The largest absolute Gasteiger partial charge is 0.0836 e. The zero-order valence-electron chi connectivity index (χ0n) is 14.1. The van der Waals surface area contributed by atoms with Gasteiger partial charge in [-0.15, -0.1) is 0 Å². The summed E-state index contributed by atoms with van der Waals surface area (Å²) in [6.45, 7) is 0. The Morgan fingerprint density at radius 3 is 2.40 bits per heavy atom. The number of rotatable bonds is 1. The van der Waals surface area contributed by atoms with E-state index in [4.69, 9.17) is 11.6 Å². The number of benzene rings is 4. The average Bonchev–Trinajstić information content (AvgIpc) is 2.68. The predicted octanol–water partition coefficient (Wildman–Crippen LogP) is 7.19. The SMILES string of the molecule is Clc1cccc2c1c(-c1ccccc1)cc1c3c(ccc12)CCCC3. The summed E-state index contributed by atoms with van der Waals surface area (Å²) in [5.41, 5.74) is 5.55. The fourth-order valence-electron chi connectivity index (χ4n) is 4.34. The fourth-order valence-corrected chi connectivity index (χ4v) is 4.62. The van der Waals surface area contributed by atoms with Crippen molar-refractivity contribution in [2.45, 2.75) is 25.7 Å². The van der Waals surface area contributed by atoms with Gasteiger partial charge in [0.15, 0.2) is 0 Å². The number of aryl methyl sites for hydroxylation is 2. The van der Waals surface area contributed by atoms with Crippen LogP contribution in [-0.2, 0) is 12.8 Å². The van der Waals surface area contributed by atoms with Crippen molar-refractivity contribution in [3.8, 4) is 11.1 Å². The summed E-state index contributed by atoms with van der Waals surface area (Å²) in [5.74, 6) is 0. The van der Waals surface area contributed by atoms with Crippen molar-refractivity contribution in [3.63, 3.8) is 0 Å². The molecule has 25 heavy (non-hydrogen) atoms. The second kappa shape index (κ2) is 5.89. The van der Waals surface area contributed by atoms with Crippen molar-refractivity contribution in [2.75, 3.05) is 0 Å². The van der Waals surface area contributed by atoms with E-state index in [0.717, 1.165) is 5.02 Å². The van der Waals surface area contributed by atoms with Crippen molar-refractivity contribution < 1.29 is 0 Å². The molecule has 0 radical (unpaired) electrons. The number of hydrogen-bond donors (Lipinski definition) is 0. The Morgan fingerprint density at radius 2 is 1.52 bits per heavy atom. The molecule has 1 aliphatic carbocycles. The van der Waals surface area contributed by atoms with Gasteiger partial charge in [0, 0.05) is 10.4 Å². The number of fused-ring (bicyclic) bond motifs is 5. The van der Waals surface area contributed by atoms with Crippen molar-refractivity contribution in [1.29, 1.82) is 0 Å². The van der Waals surface area contributed by atoms with Crippen LogP contribution in [-0.4, -0.2) is 0 Å². The molecule has 0 unspecified atom stereocenters. The molecular formula is C24H19Cl. The van der Waals surface area contributed by atoms with Gasteiger partial charge < -0.3 is 0 Å². The minimum atomic E-state index is 0.830. The molecule has 0 atom stereocenters. The minimum absolute atomic E-state index is 0.830. The molecule has 4 aromatic carbocycles. The molecule has 0 amide bonds. The highest BCUT2D eigenvalue weighted by Crippen LogP contribution is 2.41. The van der Waals surface area contributed by atoms with Crippen LogP contribution in [0.15, 0.2) is 66.7 Å². The molecule has 0 saturated heterocycles. The normalized spacial score (nSPS) is 14.0. The molecule has 1 aliphatic rings. The fraction of sp³-hybridized carbons (Fsp3) is 0.167. The summed E-state index contributed by atoms with van der Waals surface area (Å²) in [4.78, 5) is 0. The summed E-state index contributed by atoms with van der Waals surface area (Å²) in [6.07, 6.45) is 5.00. The van der Waals surface area contributed by atoms with E-state index < -0.39 is 0 Å². The Balaban J connectivity index is 1.97. The van der Waals surface area contributed by atoms with Gasteiger partial charge >= 0.3 is 0 Å². The van der Waals surface area contributed by atoms with Crippen LogP contribution in [0.5, 0.6) is 0 Å². The highest BCUT2D eigenvalue weighted by molar-refractivity contribution is 6.38. The smallest absolute Gasteiger partial charge is 0.0490 e. The van der Waals surface area contributed by atoms with Crippen molar-refractivity contribution >= 4 is 33.1 Å². The average molecular weight is 343 g/mol. The Bertz CT molecular complexity index is 1090. The van der Waals surface area contributed by atoms with Crippen LogP contribution in [0.2, 0.25) is 5.02 Å². The van der Waals surface area contributed by atoms with Gasteiger partial charge in [-0.3, -0.25) is 0 Å². The first-order chi connectivity index (χ1) is 12.3. The van der Waals surface area contributed by atoms with Gasteiger partial charge in [0.05, 0.1) is 0 Å². The Morgan fingerprint density at radius 1 is 0.680 bits per heavy atom. The molecule has 0 N–H and O–H groups in total. The maximum absolute atomic E-state index is 6.66. The summed E-state index contributed by atoms with van der Waals surface area (Å²) >= 11 is 6.66. The lowest BCUT2D eigenvalue weighted by Gasteiger charge is -2.20. The molecule has 0 spiro atoms. The Labute approximate surface area is 153 Å². The van der Waals surface area contributed by atoms with E-state index in [-0.39, 0.29) is 0 Å². The molecule has 0 fully saturated rings. The van der Waals surface area contributed by atoms with Crippen molar-refractivity contribution in [3.05, 3.63) is 82.9 Å². The quantitative estimate of drug-likeness (QED) is 0.321. The third-order valence-electron chi connectivity index (χ3n) is 5.52. The third kappa shape index (κ3) is 2.36. The maximum Gasteiger partial charge on any atom is 0.0490 e. The van der Waals surface area contributed by atoms with Gasteiger partial charge in [0.1, 0.15) is 0 Å². The van der Waals surface area contributed by atoms with Gasteiger partial charge in [0.25, 0.3) is 0 Å². The molecule has 0 aliphatic heterocycles. The molecule has 122 valence electrons. The zero-order valence-corrected chi connectivity index (χ0v) is 14.8. The maximum atomic E-state index is 6.66. The summed E-state index contributed by atoms with van der Waals surface area (Å²) < 4.78 is 0. The van der Waals surface area contributed by atoms with Crippen molar-refractivity contribution in [2.24, 2.45) is 0 Å². The Hall–Kier alpha value is -2.31. The first-order valence-corrected chi connectivity index (χ1v) is 9.42.